The summed E-state index contributed by atoms with van der Waals surface area (Å²) in [5, 5.41) is 4.48. The topological polar surface area (TPSA) is 48.8 Å². The average Bonchev–Trinajstić information content (AvgIpc) is 3.24. The van der Waals surface area contributed by atoms with Crippen LogP contribution in [-0.2, 0) is 24.9 Å². The minimum absolute atomic E-state index is 0.312. The van der Waals surface area contributed by atoms with Crippen LogP contribution in [0.3, 0.4) is 0 Å². The summed E-state index contributed by atoms with van der Waals surface area (Å²) < 4.78 is 18.5. The zero-order chi connectivity index (χ0) is 18.5. The first-order chi connectivity index (χ1) is 12.6. The number of hydrogen-bond acceptors (Lipinski definition) is 5. The summed E-state index contributed by atoms with van der Waals surface area (Å²) in [7, 11) is 5.30. The molecule has 1 fully saturated rings. The van der Waals surface area contributed by atoms with Crippen molar-refractivity contribution in [1.29, 1.82) is 0 Å². The quantitative estimate of drug-likeness (QED) is 0.725. The first kappa shape index (κ1) is 18.7. The molecule has 0 radical (unpaired) electrons. The Hall–Kier alpha value is -2.05. The van der Waals surface area contributed by atoms with Crippen molar-refractivity contribution in [2.24, 2.45) is 7.05 Å². The van der Waals surface area contributed by atoms with Crippen molar-refractivity contribution in [3.05, 3.63) is 41.2 Å². The molecule has 1 saturated heterocycles. The van der Waals surface area contributed by atoms with Gasteiger partial charge in [0.05, 0.1) is 26.0 Å². The van der Waals surface area contributed by atoms with Crippen LogP contribution < -0.4 is 9.47 Å². The van der Waals surface area contributed by atoms with E-state index >= 15 is 0 Å². The number of nitrogens with zero attached hydrogens (tertiary/aromatic N) is 3. The lowest BCUT2D eigenvalue weighted by atomic mass is 10.1. The van der Waals surface area contributed by atoms with Crippen LogP contribution in [-0.4, -0.2) is 48.2 Å². The summed E-state index contributed by atoms with van der Waals surface area (Å²) in [5.74, 6) is 1.52. The molecule has 0 N–H and O–H groups in total. The van der Waals surface area contributed by atoms with Gasteiger partial charge in [-0.05, 0) is 37.5 Å². The second-order valence-electron chi connectivity index (χ2n) is 6.91. The Morgan fingerprint density at radius 1 is 1.23 bits per heavy atom. The number of hydrogen-bond donors (Lipinski definition) is 0. The van der Waals surface area contributed by atoms with E-state index < -0.39 is 0 Å². The van der Waals surface area contributed by atoms with Gasteiger partial charge < -0.3 is 14.2 Å². The molecule has 3 rings (SSSR count). The fourth-order valence-corrected chi connectivity index (χ4v) is 3.54. The van der Waals surface area contributed by atoms with Crippen LogP contribution in [0.2, 0.25) is 0 Å². The molecule has 2 aromatic rings. The first-order valence-electron chi connectivity index (χ1n) is 9.13. The van der Waals surface area contributed by atoms with E-state index in [0.29, 0.717) is 6.10 Å². The van der Waals surface area contributed by atoms with Gasteiger partial charge in [0, 0.05) is 45.0 Å². The summed E-state index contributed by atoms with van der Waals surface area (Å²) in [5.41, 5.74) is 3.53. The molecule has 0 spiro atoms. The zero-order valence-electron chi connectivity index (χ0n) is 16.2. The van der Waals surface area contributed by atoms with E-state index in [0.717, 1.165) is 56.3 Å². The average molecular weight is 359 g/mol. The highest BCUT2D eigenvalue weighted by Gasteiger charge is 2.21. The molecule has 1 aromatic carbocycles. The third kappa shape index (κ3) is 4.56. The second-order valence-corrected chi connectivity index (χ2v) is 6.91. The maximum atomic E-state index is 5.87. The Morgan fingerprint density at radius 2 is 2.04 bits per heavy atom. The maximum Gasteiger partial charge on any atom is 0.161 e. The number of ether oxygens (including phenoxy) is 3. The molecule has 0 unspecified atom stereocenters. The smallest absolute Gasteiger partial charge is 0.161 e. The van der Waals surface area contributed by atoms with Crippen LogP contribution in [0.25, 0.3) is 0 Å². The lowest BCUT2D eigenvalue weighted by Crippen LogP contribution is -2.31. The summed E-state index contributed by atoms with van der Waals surface area (Å²) in [6, 6.07) is 6.12. The number of rotatable bonds is 8. The van der Waals surface area contributed by atoms with Gasteiger partial charge in [-0.15, -0.1) is 0 Å². The molecule has 1 atom stereocenters. The Bertz CT molecular complexity index is 723. The molecule has 26 heavy (non-hydrogen) atoms. The van der Waals surface area contributed by atoms with Crippen LogP contribution in [0.4, 0.5) is 0 Å². The maximum absolute atomic E-state index is 5.87. The highest BCUT2D eigenvalue weighted by Crippen LogP contribution is 2.28. The normalized spacial score (nSPS) is 17.0. The van der Waals surface area contributed by atoms with Gasteiger partial charge >= 0.3 is 0 Å². The molecule has 0 amide bonds. The number of methoxy groups -OCH3 is 2. The van der Waals surface area contributed by atoms with Gasteiger partial charge in [-0.2, -0.15) is 5.10 Å². The van der Waals surface area contributed by atoms with E-state index in [1.165, 1.54) is 11.1 Å². The van der Waals surface area contributed by atoms with Gasteiger partial charge in [0.25, 0.3) is 0 Å². The number of aromatic nitrogens is 2. The standard InChI is InChI=1S/C20H29N3O3/c1-15-17(12-22(2)21-15)13-23(14-18-6-5-9-26-18)11-16-7-8-19(24-3)20(10-16)25-4/h7-8,10,12,18H,5-6,9,11,13-14H2,1-4H3/t18-/m0/s1. The Labute approximate surface area is 155 Å². The number of benzene rings is 1. The lowest BCUT2D eigenvalue weighted by molar-refractivity contribution is 0.0678. The molecule has 142 valence electrons. The lowest BCUT2D eigenvalue weighted by Gasteiger charge is -2.25. The zero-order valence-corrected chi connectivity index (χ0v) is 16.2. The molecule has 0 saturated carbocycles. The molecule has 1 aliphatic heterocycles. The van der Waals surface area contributed by atoms with Crippen LogP contribution in [0.5, 0.6) is 11.5 Å². The van der Waals surface area contributed by atoms with E-state index in [9.17, 15) is 0 Å². The SMILES string of the molecule is COc1ccc(CN(Cc2cn(C)nc2C)C[C@@H]2CCCO2)cc1OC. The largest absolute Gasteiger partial charge is 0.493 e. The van der Waals surface area contributed by atoms with Gasteiger partial charge in [-0.3, -0.25) is 9.58 Å². The minimum atomic E-state index is 0.312. The molecule has 2 heterocycles. The van der Waals surface area contributed by atoms with Crippen LogP contribution in [0, 0.1) is 6.92 Å². The van der Waals surface area contributed by atoms with Gasteiger partial charge in [0.1, 0.15) is 0 Å². The van der Waals surface area contributed by atoms with Gasteiger partial charge in [-0.1, -0.05) is 6.07 Å². The van der Waals surface area contributed by atoms with Crippen molar-refractivity contribution in [2.45, 2.75) is 39.0 Å². The third-order valence-corrected chi connectivity index (χ3v) is 4.85. The van der Waals surface area contributed by atoms with E-state index in [1.54, 1.807) is 14.2 Å². The summed E-state index contributed by atoms with van der Waals surface area (Å²) in [6.45, 7) is 5.54. The summed E-state index contributed by atoms with van der Waals surface area (Å²) in [4.78, 5) is 2.43. The molecule has 6 nitrogen and oxygen atoms in total. The van der Waals surface area contributed by atoms with Gasteiger partial charge in [0.2, 0.25) is 0 Å². The second kappa shape index (κ2) is 8.56. The fraction of sp³-hybridized carbons (Fsp3) is 0.550. The van der Waals surface area contributed by atoms with Crippen molar-refractivity contribution in [1.82, 2.24) is 14.7 Å². The molecular weight excluding hydrogens is 330 g/mol. The predicted molar refractivity (Wildman–Crippen MR) is 101 cm³/mol. The highest BCUT2D eigenvalue weighted by molar-refractivity contribution is 5.42. The number of aryl methyl sites for hydroxylation is 2. The van der Waals surface area contributed by atoms with Crippen molar-refractivity contribution < 1.29 is 14.2 Å². The molecular formula is C20H29N3O3. The van der Waals surface area contributed by atoms with E-state index in [4.69, 9.17) is 14.2 Å². The van der Waals surface area contributed by atoms with E-state index in [-0.39, 0.29) is 0 Å². The van der Waals surface area contributed by atoms with Crippen LogP contribution in [0.1, 0.15) is 29.7 Å². The van der Waals surface area contributed by atoms with Gasteiger partial charge in [-0.25, -0.2) is 0 Å². The van der Waals surface area contributed by atoms with Crippen molar-refractivity contribution in [3.63, 3.8) is 0 Å². The minimum Gasteiger partial charge on any atom is -0.493 e. The van der Waals surface area contributed by atoms with E-state index in [2.05, 4.69) is 35.3 Å². The highest BCUT2D eigenvalue weighted by atomic mass is 16.5. The van der Waals surface area contributed by atoms with Crippen molar-refractivity contribution in [3.8, 4) is 11.5 Å². The molecule has 0 aliphatic carbocycles. The van der Waals surface area contributed by atoms with Gasteiger partial charge in [0.15, 0.2) is 11.5 Å². The first-order valence-corrected chi connectivity index (χ1v) is 9.13. The summed E-state index contributed by atoms with van der Waals surface area (Å²) >= 11 is 0. The molecule has 1 aliphatic rings. The Morgan fingerprint density at radius 3 is 2.65 bits per heavy atom. The van der Waals surface area contributed by atoms with Crippen molar-refractivity contribution >= 4 is 0 Å². The fourth-order valence-electron chi connectivity index (χ4n) is 3.54. The Balaban J connectivity index is 1.77. The molecule has 1 aromatic heterocycles. The van der Waals surface area contributed by atoms with E-state index in [1.807, 2.05) is 17.8 Å². The molecule has 0 bridgehead atoms. The van der Waals surface area contributed by atoms with Crippen molar-refractivity contribution in [2.75, 3.05) is 27.4 Å². The van der Waals surface area contributed by atoms with Crippen LogP contribution >= 0.6 is 0 Å². The molecule has 6 heteroatoms. The van der Waals surface area contributed by atoms with Crippen LogP contribution in [0.15, 0.2) is 24.4 Å². The predicted octanol–water partition coefficient (Wildman–Crippen LogP) is 2.93. The monoisotopic (exact) mass is 359 g/mol. The Kier molecular flexibility index (Phi) is 6.16. The third-order valence-electron chi connectivity index (χ3n) is 4.85. The summed E-state index contributed by atoms with van der Waals surface area (Å²) in [6.07, 6.45) is 4.70.